The Kier molecular flexibility index (Phi) is 3.24. The molecule has 0 aromatic carbocycles. The molecule has 0 saturated carbocycles. The molecule has 0 amide bonds. The summed E-state index contributed by atoms with van der Waals surface area (Å²) in [6.07, 6.45) is 2.65. The maximum Gasteiger partial charge on any atom is 0.341 e. The second kappa shape index (κ2) is 4.65. The summed E-state index contributed by atoms with van der Waals surface area (Å²) in [7, 11) is 1.87. The van der Waals surface area contributed by atoms with Gasteiger partial charge in [0, 0.05) is 19.5 Å². The fourth-order valence-electron chi connectivity index (χ4n) is 2.19. The first-order valence-corrected chi connectivity index (χ1v) is 5.63. The van der Waals surface area contributed by atoms with Gasteiger partial charge in [-0.2, -0.15) is 5.10 Å². The molecule has 2 heterocycles. The molecule has 5 nitrogen and oxygen atoms in total. The monoisotopic (exact) mass is 223 g/mol. The zero-order chi connectivity index (χ0) is 11.5. The van der Waals surface area contributed by atoms with Crippen molar-refractivity contribution in [1.29, 1.82) is 0 Å². The number of hydrogen-bond donors (Lipinski definition) is 1. The minimum Gasteiger partial charge on any atom is -0.462 e. The number of nitrogens with one attached hydrogen (secondary N) is 1. The number of ether oxygens (including phenoxy) is 1. The molecule has 1 aromatic heterocycles. The van der Waals surface area contributed by atoms with E-state index in [4.69, 9.17) is 4.74 Å². The summed E-state index contributed by atoms with van der Waals surface area (Å²) in [5.41, 5.74) is 1.60. The fourth-order valence-corrected chi connectivity index (χ4v) is 2.19. The van der Waals surface area contributed by atoms with Gasteiger partial charge in [-0.3, -0.25) is 4.68 Å². The molecular weight excluding hydrogens is 206 g/mol. The van der Waals surface area contributed by atoms with Gasteiger partial charge in [-0.1, -0.05) is 0 Å². The van der Waals surface area contributed by atoms with Crippen molar-refractivity contribution in [2.75, 3.05) is 19.7 Å². The lowest BCUT2D eigenvalue weighted by atomic mass is 10.0. The highest BCUT2D eigenvalue weighted by Gasteiger charge is 2.26. The minimum absolute atomic E-state index is 0.266. The van der Waals surface area contributed by atoms with E-state index >= 15 is 0 Å². The largest absolute Gasteiger partial charge is 0.462 e. The van der Waals surface area contributed by atoms with E-state index in [1.807, 2.05) is 14.0 Å². The second-order valence-electron chi connectivity index (χ2n) is 3.98. The number of carbonyl (C=O) groups is 1. The maximum atomic E-state index is 11.7. The maximum absolute atomic E-state index is 11.7. The summed E-state index contributed by atoms with van der Waals surface area (Å²) >= 11 is 0. The number of aromatic nitrogens is 2. The lowest BCUT2D eigenvalue weighted by molar-refractivity contribution is 0.0524. The Bertz CT molecular complexity index is 381. The molecule has 1 aliphatic rings. The molecule has 1 aliphatic heterocycles. The van der Waals surface area contributed by atoms with Gasteiger partial charge in [-0.15, -0.1) is 0 Å². The molecule has 1 saturated heterocycles. The van der Waals surface area contributed by atoms with Crippen LogP contribution in [0.2, 0.25) is 0 Å². The summed E-state index contributed by atoms with van der Waals surface area (Å²) in [5.74, 6) is 0.101. The van der Waals surface area contributed by atoms with Gasteiger partial charge < -0.3 is 10.1 Å². The molecule has 1 aromatic rings. The molecule has 0 aliphatic carbocycles. The van der Waals surface area contributed by atoms with Crippen molar-refractivity contribution in [2.45, 2.75) is 19.3 Å². The molecule has 1 atom stereocenters. The van der Waals surface area contributed by atoms with Crippen LogP contribution in [0.25, 0.3) is 0 Å². The van der Waals surface area contributed by atoms with Crippen LogP contribution in [0.1, 0.15) is 35.3 Å². The zero-order valence-corrected chi connectivity index (χ0v) is 9.69. The van der Waals surface area contributed by atoms with Gasteiger partial charge >= 0.3 is 5.97 Å². The Morgan fingerprint density at radius 3 is 3.19 bits per heavy atom. The predicted molar refractivity (Wildman–Crippen MR) is 59.4 cm³/mol. The van der Waals surface area contributed by atoms with E-state index < -0.39 is 0 Å². The Labute approximate surface area is 94.8 Å². The van der Waals surface area contributed by atoms with E-state index in [0.29, 0.717) is 18.1 Å². The molecule has 1 N–H and O–H groups in total. The molecule has 0 bridgehead atoms. The second-order valence-corrected chi connectivity index (χ2v) is 3.98. The molecule has 0 spiro atoms. The van der Waals surface area contributed by atoms with E-state index in [9.17, 15) is 4.79 Å². The summed E-state index contributed by atoms with van der Waals surface area (Å²) in [6, 6.07) is 0. The van der Waals surface area contributed by atoms with Gasteiger partial charge in [0.2, 0.25) is 0 Å². The fraction of sp³-hybridized carbons (Fsp3) is 0.636. The highest BCUT2D eigenvalue weighted by molar-refractivity contribution is 5.90. The standard InChI is InChI=1S/C11H17N3O2/c1-3-16-11(15)9-7-13-14(2)10(9)8-4-5-12-6-8/h7-8,12H,3-6H2,1-2H3. The van der Waals surface area contributed by atoms with Gasteiger partial charge in [0.15, 0.2) is 0 Å². The van der Waals surface area contributed by atoms with Crippen molar-refractivity contribution in [1.82, 2.24) is 15.1 Å². The molecule has 5 heteroatoms. The van der Waals surface area contributed by atoms with Crippen LogP contribution >= 0.6 is 0 Å². The lowest BCUT2D eigenvalue weighted by Gasteiger charge is -2.11. The molecular formula is C11H17N3O2. The van der Waals surface area contributed by atoms with Crippen LogP contribution in [-0.4, -0.2) is 35.4 Å². The van der Waals surface area contributed by atoms with E-state index in [2.05, 4.69) is 10.4 Å². The van der Waals surface area contributed by atoms with Crippen molar-refractivity contribution in [2.24, 2.45) is 7.05 Å². The summed E-state index contributed by atoms with van der Waals surface area (Å²) in [6.45, 7) is 4.12. The number of rotatable bonds is 3. The third-order valence-corrected chi connectivity index (χ3v) is 2.93. The highest BCUT2D eigenvalue weighted by Crippen LogP contribution is 2.25. The Morgan fingerprint density at radius 1 is 1.75 bits per heavy atom. The third-order valence-electron chi connectivity index (χ3n) is 2.93. The number of aryl methyl sites for hydroxylation is 1. The van der Waals surface area contributed by atoms with Crippen LogP contribution in [0.4, 0.5) is 0 Å². The molecule has 2 rings (SSSR count). The first-order chi connectivity index (χ1) is 7.74. The number of nitrogens with zero attached hydrogens (tertiary/aromatic N) is 2. The van der Waals surface area contributed by atoms with Crippen LogP contribution in [0.15, 0.2) is 6.20 Å². The number of esters is 1. The van der Waals surface area contributed by atoms with Gasteiger partial charge in [0.05, 0.1) is 18.5 Å². The van der Waals surface area contributed by atoms with Crippen LogP contribution in [0, 0.1) is 0 Å². The number of hydrogen-bond acceptors (Lipinski definition) is 4. The zero-order valence-electron chi connectivity index (χ0n) is 9.69. The molecule has 1 fully saturated rings. The van der Waals surface area contributed by atoms with Crippen LogP contribution in [0.3, 0.4) is 0 Å². The van der Waals surface area contributed by atoms with Gasteiger partial charge in [-0.05, 0) is 19.9 Å². The van der Waals surface area contributed by atoms with Crippen molar-refractivity contribution >= 4 is 5.97 Å². The molecule has 1 unspecified atom stereocenters. The average Bonchev–Trinajstić information content (AvgIpc) is 2.86. The molecule has 88 valence electrons. The summed E-state index contributed by atoms with van der Waals surface area (Å²) < 4.78 is 6.81. The van der Waals surface area contributed by atoms with Crippen LogP contribution in [-0.2, 0) is 11.8 Å². The third kappa shape index (κ3) is 1.95. The predicted octanol–water partition coefficient (Wildman–Crippen LogP) is 0.674. The van der Waals surface area contributed by atoms with E-state index in [1.165, 1.54) is 0 Å². The normalized spacial score (nSPS) is 20.0. The average molecular weight is 223 g/mol. The smallest absolute Gasteiger partial charge is 0.341 e. The quantitative estimate of drug-likeness (QED) is 0.765. The van der Waals surface area contributed by atoms with Crippen molar-refractivity contribution in [3.63, 3.8) is 0 Å². The number of carbonyl (C=O) groups excluding carboxylic acids is 1. The van der Waals surface area contributed by atoms with Crippen LogP contribution < -0.4 is 5.32 Å². The van der Waals surface area contributed by atoms with Gasteiger partial charge in [0.1, 0.15) is 5.56 Å². The Morgan fingerprint density at radius 2 is 2.56 bits per heavy atom. The topological polar surface area (TPSA) is 56.1 Å². The van der Waals surface area contributed by atoms with E-state index in [0.717, 1.165) is 25.2 Å². The first kappa shape index (κ1) is 11.1. The lowest BCUT2D eigenvalue weighted by Crippen LogP contribution is -2.15. The van der Waals surface area contributed by atoms with E-state index in [-0.39, 0.29) is 5.97 Å². The SMILES string of the molecule is CCOC(=O)c1cnn(C)c1C1CCNC1. The summed E-state index contributed by atoms with van der Waals surface area (Å²) in [4.78, 5) is 11.7. The Balaban J connectivity index is 2.27. The van der Waals surface area contributed by atoms with Crippen molar-refractivity contribution in [3.05, 3.63) is 17.5 Å². The minimum atomic E-state index is -0.266. The van der Waals surface area contributed by atoms with Crippen LogP contribution in [0.5, 0.6) is 0 Å². The molecule has 0 radical (unpaired) electrons. The van der Waals surface area contributed by atoms with Gasteiger partial charge in [0.25, 0.3) is 0 Å². The first-order valence-electron chi connectivity index (χ1n) is 5.63. The van der Waals surface area contributed by atoms with E-state index in [1.54, 1.807) is 10.9 Å². The highest BCUT2D eigenvalue weighted by atomic mass is 16.5. The Hall–Kier alpha value is -1.36. The van der Waals surface area contributed by atoms with Crippen molar-refractivity contribution in [3.8, 4) is 0 Å². The van der Waals surface area contributed by atoms with Gasteiger partial charge in [-0.25, -0.2) is 4.79 Å². The molecule has 16 heavy (non-hydrogen) atoms. The summed E-state index contributed by atoms with van der Waals surface area (Å²) in [5, 5.41) is 7.45. The van der Waals surface area contributed by atoms with Crippen molar-refractivity contribution < 1.29 is 9.53 Å².